The van der Waals surface area contributed by atoms with Gasteiger partial charge in [0.15, 0.2) is 5.60 Å². The molecule has 1 N–H and O–H groups in total. The van der Waals surface area contributed by atoms with Crippen LogP contribution in [0.15, 0.2) is 0 Å². The highest BCUT2D eigenvalue weighted by atomic mass is 16.6. The maximum atomic E-state index is 11.9. The van der Waals surface area contributed by atoms with E-state index >= 15 is 0 Å². The van der Waals surface area contributed by atoms with Crippen LogP contribution in [0.4, 0.5) is 0 Å². The highest BCUT2D eigenvalue weighted by Gasteiger charge is 2.41. The van der Waals surface area contributed by atoms with E-state index in [0.717, 1.165) is 19.5 Å². The summed E-state index contributed by atoms with van der Waals surface area (Å²) in [6.45, 7) is 6.56. The van der Waals surface area contributed by atoms with Crippen LogP contribution in [0.5, 0.6) is 0 Å². The van der Waals surface area contributed by atoms with Gasteiger partial charge < -0.3 is 14.8 Å². The Hall–Kier alpha value is -0.610. The molecule has 0 saturated carbocycles. The van der Waals surface area contributed by atoms with Gasteiger partial charge in [-0.2, -0.15) is 0 Å². The second-order valence-corrected chi connectivity index (χ2v) is 3.81. The Morgan fingerprint density at radius 3 is 2.53 bits per heavy atom. The summed E-state index contributed by atoms with van der Waals surface area (Å²) >= 11 is 0. The molecule has 1 aliphatic heterocycles. The van der Waals surface area contributed by atoms with Crippen LogP contribution in [0, 0.1) is 0 Å². The molecule has 0 aromatic rings. The molecule has 1 saturated heterocycles. The van der Waals surface area contributed by atoms with Gasteiger partial charge in [-0.05, 0) is 39.3 Å². The number of carbonyl (C=O) groups excluding carboxylic acids is 1. The fraction of sp³-hybridized carbons (Fsp3) is 0.909. The molecule has 4 nitrogen and oxygen atoms in total. The normalized spacial score (nSPS) is 19.9. The summed E-state index contributed by atoms with van der Waals surface area (Å²) < 4.78 is 10.8. The minimum atomic E-state index is -0.683. The third kappa shape index (κ3) is 3.18. The SMILES string of the molecule is CCCOC1(C(=O)OCC)CCNCC1. The zero-order valence-corrected chi connectivity index (χ0v) is 9.67. The second kappa shape index (κ2) is 6.08. The van der Waals surface area contributed by atoms with E-state index in [9.17, 15) is 4.79 Å². The van der Waals surface area contributed by atoms with Crippen molar-refractivity contribution in [2.45, 2.75) is 38.7 Å². The summed E-state index contributed by atoms with van der Waals surface area (Å²) in [5.41, 5.74) is -0.683. The van der Waals surface area contributed by atoms with E-state index in [4.69, 9.17) is 9.47 Å². The lowest BCUT2D eigenvalue weighted by Gasteiger charge is -2.35. The van der Waals surface area contributed by atoms with E-state index in [2.05, 4.69) is 5.32 Å². The van der Waals surface area contributed by atoms with Crippen molar-refractivity contribution in [1.29, 1.82) is 0 Å². The summed E-state index contributed by atoms with van der Waals surface area (Å²) in [4.78, 5) is 11.9. The van der Waals surface area contributed by atoms with Crippen molar-refractivity contribution >= 4 is 5.97 Å². The molecule has 0 aromatic heterocycles. The average Bonchev–Trinajstić information content (AvgIpc) is 2.28. The fourth-order valence-corrected chi connectivity index (χ4v) is 1.80. The van der Waals surface area contributed by atoms with E-state index in [1.165, 1.54) is 0 Å². The molecule has 0 radical (unpaired) electrons. The highest BCUT2D eigenvalue weighted by molar-refractivity contribution is 5.79. The Bertz CT molecular complexity index is 200. The Kier molecular flexibility index (Phi) is 5.05. The number of carbonyl (C=O) groups is 1. The lowest BCUT2D eigenvalue weighted by Crippen LogP contribution is -2.50. The smallest absolute Gasteiger partial charge is 0.338 e. The predicted octanol–water partition coefficient (Wildman–Crippen LogP) is 1.10. The van der Waals surface area contributed by atoms with Crippen LogP contribution in [0.25, 0.3) is 0 Å². The van der Waals surface area contributed by atoms with Crippen LogP contribution in [0.2, 0.25) is 0 Å². The van der Waals surface area contributed by atoms with Crippen molar-refractivity contribution in [2.75, 3.05) is 26.3 Å². The molecule has 0 amide bonds. The first kappa shape index (κ1) is 12.5. The first-order valence-electron chi connectivity index (χ1n) is 5.77. The predicted molar refractivity (Wildman–Crippen MR) is 57.7 cm³/mol. The molecule has 0 bridgehead atoms. The van der Waals surface area contributed by atoms with Crippen LogP contribution in [0.3, 0.4) is 0 Å². The van der Waals surface area contributed by atoms with Gasteiger partial charge in [0, 0.05) is 6.61 Å². The lowest BCUT2D eigenvalue weighted by molar-refractivity contribution is -0.176. The Morgan fingerprint density at radius 1 is 1.33 bits per heavy atom. The van der Waals surface area contributed by atoms with Crippen LogP contribution in [-0.2, 0) is 14.3 Å². The Balaban J connectivity index is 2.61. The van der Waals surface area contributed by atoms with Gasteiger partial charge >= 0.3 is 5.97 Å². The third-order valence-corrected chi connectivity index (χ3v) is 2.64. The number of esters is 1. The van der Waals surface area contributed by atoms with Gasteiger partial charge in [-0.15, -0.1) is 0 Å². The average molecular weight is 215 g/mol. The Morgan fingerprint density at radius 2 is 2.00 bits per heavy atom. The van der Waals surface area contributed by atoms with Gasteiger partial charge in [0.05, 0.1) is 6.61 Å². The first-order valence-corrected chi connectivity index (χ1v) is 5.77. The summed E-state index contributed by atoms with van der Waals surface area (Å²) in [5, 5.41) is 3.23. The highest BCUT2D eigenvalue weighted by Crippen LogP contribution is 2.25. The van der Waals surface area contributed by atoms with Gasteiger partial charge in [0.25, 0.3) is 0 Å². The molecular weight excluding hydrogens is 194 g/mol. The molecule has 1 heterocycles. The van der Waals surface area contributed by atoms with Crippen LogP contribution >= 0.6 is 0 Å². The van der Waals surface area contributed by atoms with Crippen molar-refractivity contribution < 1.29 is 14.3 Å². The standard InChI is InChI=1S/C11H21NO3/c1-3-9-15-11(10(13)14-4-2)5-7-12-8-6-11/h12H,3-9H2,1-2H3. The molecule has 0 atom stereocenters. The number of hydrogen-bond acceptors (Lipinski definition) is 4. The summed E-state index contributed by atoms with van der Waals surface area (Å²) in [5.74, 6) is -0.194. The molecule has 0 aromatic carbocycles. The van der Waals surface area contributed by atoms with Gasteiger partial charge in [0.2, 0.25) is 0 Å². The van der Waals surface area contributed by atoms with E-state index in [1.807, 2.05) is 13.8 Å². The number of piperidine rings is 1. The largest absolute Gasteiger partial charge is 0.464 e. The minimum absolute atomic E-state index is 0.194. The van der Waals surface area contributed by atoms with E-state index < -0.39 is 5.60 Å². The van der Waals surface area contributed by atoms with Crippen LogP contribution in [0.1, 0.15) is 33.1 Å². The van der Waals surface area contributed by atoms with Crippen molar-refractivity contribution in [3.05, 3.63) is 0 Å². The molecule has 0 unspecified atom stereocenters. The molecular formula is C11H21NO3. The number of hydrogen-bond donors (Lipinski definition) is 1. The van der Waals surface area contributed by atoms with Gasteiger partial charge in [-0.3, -0.25) is 0 Å². The maximum absolute atomic E-state index is 11.9. The summed E-state index contributed by atoms with van der Waals surface area (Å²) in [6.07, 6.45) is 2.35. The Labute approximate surface area is 91.3 Å². The van der Waals surface area contributed by atoms with Gasteiger partial charge in [-0.25, -0.2) is 4.79 Å². The fourth-order valence-electron chi connectivity index (χ4n) is 1.80. The monoisotopic (exact) mass is 215 g/mol. The molecule has 88 valence electrons. The van der Waals surface area contributed by atoms with Gasteiger partial charge in [-0.1, -0.05) is 6.92 Å². The minimum Gasteiger partial charge on any atom is -0.464 e. The number of nitrogens with one attached hydrogen (secondary N) is 1. The van der Waals surface area contributed by atoms with Crippen molar-refractivity contribution in [3.8, 4) is 0 Å². The van der Waals surface area contributed by atoms with Crippen LogP contribution in [-0.4, -0.2) is 37.9 Å². The van der Waals surface area contributed by atoms with Crippen molar-refractivity contribution in [3.63, 3.8) is 0 Å². The molecule has 4 heteroatoms. The van der Waals surface area contributed by atoms with Gasteiger partial charge in [0.1, 0.15) is 0 Å². The zero-order chi connectivity index (χ0) is 11.1. The maximum Gasteiger partial charge on any atom is 0.338 e. The second-order valence-electron chi connectivity index (χ2n) is 3.81. The lowest BCUT2D eigenvalue weighted by atomic mass is 9.92. The number of rotatable bonds is 5. The van der Waals surface area contributed by atoms with E-state index in [0.29, 0.717) is 26.1 Å². The molecule has 1 fully saturated rings. The van der Waals surface area contributed by atoms with E-state index in [-0.39, 0.29) is 5.97 Å². The summed E-state index contributed by atoms with van der Waals surface area (Å²) in [6, 6.07) is 0. The quantitative estimate of drug-likeness (QED) is 0.698. The third-order valence-electron chi connectivity index (χ3n) is 2.64. The first-order chi connectivity index (χ1) is 7.25. The molecule has 15 heavy (non-hydrogen) atoms. The number of ether oxygens (including phenoxy) is 2. The molecule has 1 aliphatic rings. The molecule has 0 aliphatic carbocycles. The van der Waals surface area contributed by atoms with Crippen molar-refractivity contribution in [1.82, 2.24) is 5.32 Å². The topological polar surface area (TPSA) is 47.6 Å². The zero-order valence-electron chi connectivity index (χ0n) is 9.67. The summed E-state index contributed by atoms with van der Waals surface area (Å²) in [7, 11) is 0. The molecule has 1 rings (SSSR count). The van der Waals surface area contributed by atoms with Crippen LogP contribution < -0.4 is 5.32 Å². The van der Waals surface area contributed by atoms with E-state index in [1.54, 1.807) is 0 Å². The van der Waals surface area contributed by atoms with Crippen molar-refractivity contribution in [2.24, 2.45) is 0 Å². The molecule has 0 spiro atoms.